The van der Waals surface area contributed by atoms with E-state index in [2.05, 4.69) is 15.5 Å². The van der Waals surface area contributed by atoms with Gasteiger partial charge in [-0.05, 0) is 43.5 Å². The van der Waals surface area contributed by atoms with E-state index < -0.39 is 5.82 Å². The van der Waals surface area contributed by atoms with Gasteiger partial charge in [-0.1, -0.05) is 11.6 Å². The van der Waals surface area contributed by atoms with Gasteiger partial charge in [0, 0.05) is 33.4 Å². The zero-order valence-electron chi connectivity index (χ0n) is 13.3. The van der Waals surface area contributed by atoms with Crippen LogP contribution in [0.2, 0.25) is 5.02 Å². The van der Waals surface area contributed by atoms with E-state index in [0.29, 0.717) is 18.2 Å². The van der Waals surface area contributed by atoms with Crippen molar-refractivity contribution in [2.24, 2.45) is 5.92 Å². The molecule has 1 aromatic carbocycles. The van der Waals surface area contributed by atoms with Gasteiger partial charge in [-0.2, -0.15) is 0 Å². The number of likely N-dealkylation sites (tertiary alicyclic amines) is 1. The first-order valence-electron chi connectivity index (χ1n) is 7.79. The predicted octanol–water partition coefficient (Wildman–Crippen LogP) is 2.96. The van der Waals surface area contributed by atoms with Gasteiger partial charge in [-0.15, -0.1) is 0 Å². The van der Waals surface area contributed by atoms with E-state index in [0.717, 1.165) is 39.1 Å². The molecule has 2 amide bonds. The van der Waals surface area contributed by atoms with Crippen LogP contribution in [0.1, 0.15) is 12.8 Å². The number of anilines is 1. The molecule has 0 unspecified atom stereocenters. The largest absolute Gasteiger partial charge is 0.385 e. The molecule has 5 nitrogen and oxygen atoms in total. The Bertz CT molecular complexity index is 530. The number of methoxy groups -OCH3 is 1. The number of urea groups is 1. The van der Waals surface area contributed by atoms with Gasteiger partial charge in [0.15, 0.2) is 0 Å². The minimum atomic E-state index is -0.430. The van der Waals surface area contributed by atoms with Gasteiger partial charge < -0.3 is 20.3 Å². The van der Waals surface area contributed by atoms with Crippen LogP contribution in [0.5, 0.6) is 0 Å². The molecule has 0 spiro atoms. The highest BCUT2D eigenvalue weighted by atomic mass is 35.5. The van der Waals surface area contributed by atoms with Gasteiger partial charge >= 0.3 is 6.03 Å². The Morgan fingerprint density at radius 3 is 3.09 bits per heavy atom. The molecule has 0 saturated carbocycles. The van der Waals surface area contributed by atoms with Crippen LogP contribution in [0.25, 0.3) is 0 Å². The molecule has 0 aliphatic carbocycles. The minimum Gasteiger partial charge on any atom is -0.385 e. The van der Waals surface area contributed by atoms with Gasteiger partial charge in [0.1, 0.15) is 5.82 Å². The van der Waals surface area contributed by atoms with Gasteiger partial charge in [0.05, 0.1) is 10.7 Å². The van der Waals surface area contributed by atoms with Crippen molar-refractivity contribution in [3.8, 4) is 0 Å². The summed E-state index contributed by atoms with van der Waals surface area (Å²) in [6.07, 6.45) is 2.10. The van der Waals surface area contributed by atoms with Crippen molar-refractivity contribution in [1.82, 2.24) is 10.2 Å². The molecule has 7 heteroatoms. The van der Waals surface area contributed by atoms with E-state index in [4.69, 9.17) is 16.3 Å². The molecule has 128 valence electrons. The molecule has 1 aliphatic heterocycles. The number of halogens is 2. The third-order valence-corrected chi connectivity index (χ3v) is 4.24. The third kappa shape index (κ3) is 5.97. The fraction of sp³-hybridized carbons (Fsp3) is 0.562. The van der Waals surface area contributed by atoms with Crippen molar-refractivity contribution in [2.45, 2.75) is 12.8 Å². The topological polar surface area (TPSA) is 53.6 Å². The first kappa shape index (κ1) is 18.0. The lowest BCUT2D eigenvalue weighted by Crippen LogP contribution is -2.34. The van der Waals surface area contributed by atoms with E-state index in [-0.39, 0.29) is 11.1 Å². The smallest absolute Gasteiger partial charge is 0.319 e. The van der Waals surface area contributed by atoms with Crippen LogP contribution in [0.15, 0.2) is 18.2 Å². The second-order valence-electron chi connectivity index (χ2n) is 5.76. The first-order valence-corrected chi connectivity index (χ1v) is 8.17. The number of carbonyl (C=O) groups is 1. The summed E-state index contributed by atoms with van der Waals surface area (Å²) >= 11 is 5.88. The Balaban J connectivity index is 1.69. The van der Waals surface area contributed by atoms with Gasteiger partial charge in [-0.3, -0.25) is 0 Å². The summed E-state index contributed by atoms with van der Waals surface area (Å²) in [5.74, 6) is 0.0208. The van der Waals surface area contributed by atoms with Crippen molar-refractivity contribution in [3.63, 3.8) is 0 Å². The summed E-state index contributed by atoms with van der Waals surface area (Å²) in [4.78, 5) is 14.3. The van der Waals surface area contributed by atoms with E-state index in [1.807, 2.05) is 0 Å². The quantitative estimate of drug-likeness (QED) is 0.748. The van der Waals surface area contributed by atoms with Crippen LogP contribution in [0.3, 0.4) is 0 Å². The third-order valence-electron chi connectivity index (χ3n) is 3.92. The number of nitrogens with zero attached hydrogens (tertiary/aromatic N) is 1. The highest BCUT2D eigenvalue weighted by molar-refractivity contribution is 6.33. The molecular weight excluding hydrogens is 321 g/mol. The number of amides is 2. The molecule has 2 rings (SSSR count). The summed E-state index contributed by atoms with van der Waals surface area (Å²) in [6, 6.07) is 3.56. The Labute approximate surface area is 141 Å². The van der Waals surface area contributed by atoms with Crippen molar-refractivity contribution in [2.75, 3.05) is 45.2 Å². The number of hydrogen-bond acceptors (Lipinski definition) is 3. The molecule has 1 aromatic rings. The van der Waals surface area contributed by atoms with Crippen molar-refractivity contribution < 1.29 is 13.9 Å². The Kier molecular flexibility index (Phi) is 7.08. The average Bonchev–Trinajstić information content (AvgIpc) is 2.96. The molecule has 1 fully saturated rings. The van der Waals surface area contributed by atoms with Crippen molar-refractivity contribution >= 4 is 23.3 Å². The Morgan fingerprint density at radius 1 is 1.52 bits per heavy atom. The maximum atomic E-state index is 13.0. The van der Waals surface area contributed by atoms with Crippen LogP contribution in [0, 0.1) is 11.7 Å². The maximum Gasteiger partial charge on any atom is 0.319 e. The molecule has 23 heavy (non-hydrogen) atoms. The number of carbonyl (C=O) groups excluding carboxylic acids is 1. The van der Waals surface area contributed by atoms with Crippen LogP contribution in [-0.2, 0) is 4.74 Å². The van der Waals surface area contributed by atoms with Gasteiger partial charge in [0.25, 0.3) is 0 Å². The first-order chi connectivity index (χ1) is 11.1. The summed E-state index contributed by atoms with van der Waals surface area (Å²) < 4.78 is 18.0. The molecule has 1 atom stereocenters. The number of nitrogens with one attached hydrogen (secondary N) is 2. The molecule has 1 aliphatic rings. The van der Waals surface area contributed by atoms with E-state index in [1.165, 1.54) is 18.2 Å². The predicted molar refractivity (Wildman–Crippen MR) is 89.5 cm³/mol. The minimum absolute atomic E-state index is 0.185. The van der Waals surface area contributed by atoms with Crippen molar-refractivity contribution in [3.05, 3.63) is 29.0 Å². The fourth-order valence-corrected chi connectivity index (χ4v) is 2.92. The zero-order chi connectivity index (χ0) is 16.7. The second kappa shape index (κ2) is 9.05. The SMILES string of the molecule is COCCCN1CC[C@@H](CNC(=O)Nc2ccc(F)cc2Cl)C1. The number of rotatable bonds is 7. The normalized spacial score (nSPS) is 18.1. The van der Waals surface area contributed by atoms with E-state index in [9.17, 15) is 9.18 Å². The molecular formula is C16H23ClFN3O2. The molecule has 1 saturated heterocycles. The lowest BCUT2D eigenvalue weighted by molar-refractivity contribution is 0.178. The number of ether oxygens (including phenoxy) is 1. The monoisotopic (exact) mass is 343 g/mol. The molecule has 0 bridgehead atoms. The maximum absolute atomic E-state index is 13.0. The average molecular weight is 344 g/mol. The second-order valence-corrected chi connectivity index (χ2v) is 6.17. The summed E-state index contributed by atoms with van der Waals surface area (Å²) in [5, 5.41) is 5.67. The summed E-state index contributed by atoms with van der Waals surface area (Å²) in [6.45, 7) is 4.47. The lowest BCUT2D eigenvalue weighted by atomic mass is 10.1. The molecule has 0 aromatic heterocycles. The number of hydrogen-bond donors (Lipinski definition) is 2. The standard InChI is InChI=1S/C16H23ClFN3O2/c1-23-8-2-6-21-7-5-12(11-21)10-19-16(22)20-15-4-3-13(18)9-14(15)17/h3-4,9,12H,2,5-8,10-11H2,1H3,(H2,19,20,22)/t12-/m0/s1. The van der Waals surface area contributed by atoms with Crippen LogP contribution >= 0.6 is 11.6 Å². The molecule has 2 N–H and O–H groups in total. The zero-order valence-corrected chi connectivity index (χ0v) is 14.0. The van der Waals surface area contributed by atoms with Crippen molar-refractivity contribution in [1.29, 1.82) is 0 Å². The van der Waals surface area contributed by atoms with Crippen LogP contribution < -0.4 is 10.6 Å². The molecule has 0 radical (unpaired) electrons. The van der Waals surface area contributed by atoms with E-state index in [1.54, 1.807) is 7.11 Å². The highest BCUT2D eigenvalue weighted by Crippen LogP contribution is 2.22. The van der Waals surface area contributed by atoms with Gasteiger partial charge in [-0.25, -0.2) is 9.18 Å². The number of benzene rings is 1. The molecule has 1 heterocycles. The van der Waals surface area contributed by atoms with Crippen LogP contribution in [0.4, 0.5) is 14.9 Å². The fourth-order valence-electron chi connectivity index (χ4n) is 2.71. The van der Waals surface area contributed by atoms with E-state index >= 15 is 0 Å². The highest BCUT2D eigenvalue weighted by Gasteiger charge is 2.22. The van der Waals surface area contributed by atoms with Gasteiger partial charge in [0.2, 0.25) is 0 Å². The van der Waals surface area contributed by atoms with Crippen LogP contribution in [-0.4, -0.2) is 50.8 Å². The lowest BCUT2D eigenvalue weighted by Gasteiger charge is -2.16. The Hall–Kier alpha value is -1.37. The summed E-state index contributed by atoms with van der Waals surface area (Å²) in [7, 11) is 1.71. The Morgan fingerprint density at radius 2 is 2.35 bits per heavy atom. The summed E-state index contributed by atoms with van der Waals surface area (Å²) in [5.41, 5.74) is 0.401.